The van der Waals surface area contributed by atoms with Gasteiger partial charge in [-0.2, -0.15) is 0 Å². The molecule has 5 heterocycles. The zero-order valence-corrected chi connectivity index (χ0v) is 18.8. The molecule has 4 aromatic heterocycles. The van der Waals surface area contributed by atoms with Crippen LogP contribution in [0.5, 0.6) is 0 Å². The monoisotopic (exact) mass is 483 g/mol. The molecule has 0 aliphatic carbocycles. The number of pyridine rings is 2. The summed E-state index contributed by atoms with van der Waals surface area (Å²) < 4.78 is 26.7. The van der Waals surface area contributed by atoms with E-state index < -0.39 is 18.9 Å². The van der Waals surface area contributed by atoms with Gasteiger partial charge < -0.3 is 10.6 Å². The molecule has 1 amide bonds. The van der Waals surface area contributed by atoms with E-state index in [1.165, 1.54) is 6.20 Å². The minimum Gasteiger partial charge on any atom is -0.366 e. The highest BCUT2D eigenvalue weighted by Gasteiger charge is 2.20. The van der Waals surface area contributed by atoms with E-state index in [0.29, 0.717) is 23.8 Å². The molecule has 0 spiro atoms. The van der Waals surface area contributed by atoms with Crippen molar-refractivity contribution in [3.8, 4) is 11.4 Å². The number of nitrogens with one attached hydrogen (secondary N) is 2. The van der Waals surface area contributed by atoms with Gasteiger partial charge >= 0.3 is 0 Å². The molecule has 6 rings (SSSR count). The number of carbonyl (C=O) groups excluding carboxylic acids is 1. The molecule has 10 heteroatoms. The minimum absolute atomic E-state index is 0.180. The van der Waals surface area contributed by atoms with Crippen LogP contribution in [0.25, 0.3) is 33.5 Å². The fourth-order valence-electron chi connectivity index (χ4n) is 4.27. The van der Waals surface area contributed by atoms with Crippen molar-refractivity contribution < 1.29 is 13.6 Å². The van der Waals surface area contributed by atoms with Crippen LogP contribution in [0.3, 0.4) is 0 Å². The third-order valence-corrected chi connectivity index (χ3v) is 5.98. The van der Waals surface area contributed by atoms with Gasteiger partial charge in [-0.25, -0.2) is 23.7 Å². The van der Waals surface area contributed by atoms with Crippen molar-refractivity contribution in [3.63, 3.8) is 0 Å². The summed E-state index contributed by atoms with van der Waals surface area (Å²) in [6.45, 7) is -0.159. The van der Waals surface area contributed by atoms with E-state index in [2.05, 4.69) is 25.6 Å². The molecule has 0 bridgehead atoms. The van der Waals surface area contributed by atoms with E-state index in [9.17, 15) is 13.6 Å². The Kier molecular flexibility index (Phi) is 5.33. The largest absolute Gasteiger partial charge is 0.366 e. The van der Waals surface area contributed by atoms with E-state index in [0.717, 1.165) is 33.2 Å². The Labute approximate surface area is 203 Å². The average Bonchev–Trinajstić information content (AvgIpc) is 3.34. The average molecular weight is 483 g/mol. The van der Waals surface area contributed by atoms with E-state index in [-0.39, 0.29) is 5.69 Å². The number of hydrogen-bond donors (Lipinski definition) is 2. The molecule has 2 N–H and O–H groups in total. The van der Waals surface area contributed by atoms with Gasteiger partial charge in [-0.1, -0.05) is 12.1 Å². The second-order valence-corrected chi connectivity index (χ2v) is 8.26. The lowest BCUT2D eigenvalue weighted by atomic mass is 9.98. The molecule has 178 valence electrons. The van der Waals surface area contributed by atoms with Crippen LogP contribution in [0.15, 0.2) is 73.3 Å². The Bertz CT molecular complexity index is 1660. The van der Waals surface area contributed by atoms with E-state index in [4.69, 9.17) is 4.98 Å². The number of hydrogen-bond acceptors (Lipinski definition) is 6. The Morgan fingerprint density at radius 3 is 2.86 bits per heavy atom. The molecule has 36 heavy (non-hydrogen) atoms. The maximum atomic E-state index is 12.5. The molecule has 8 nitrogen and oxygen atoms in total. The summed E-state index contributed by atoms with van der Waals surface area (Å²) >= 11 is 0. The van der Waals surface area contributed by atoms with Gasteiger partial charge in [-0.3, -0.25) is 14.2 Å². The smallest absolute Gasteiger partial charge is 0.270 e. The first-order chi connectivity index (χ1) is 17.6. The molecule has 1 aromatic carbocycles. The zero-order chi connectivity index (χ0) is 24.6. The number of halogens is 2. The lowest BCUT2D eigenvalue weighted by Gasteiger charge is -2.19. The molecule has 0 saturated carbocycles. The van der Waals surface area contributed by atoms with Crippen molar-refractivity contribution >= 4 is 33.8 Å². The van der Waals surface area contributed by atoms with Crippen LogP contribution in [0.1, 0.15) is 21.6 Å². The first-order valence-electron chi connectivity index (χ1n) is 11.3. The molecule has 5 aromatic rings. The minimum atomic E-state index is -2.63. The van der Waals surface area contributed by atoms with Gasteiger partial charge in [0.1, 0.15) is 17.2 Å². The van der Waals surface area contributed by atoms with Gasteiger partial charge in [0, 0.05) is 41.6 Å². The van der Waals surface area contributed by atoms with Crippen LogP contribution in [0.2, 0.25) is 0 Å². The third-order valence-electron chi connectivity index (χ3n) is 5.98. The van der Waals surface area contributed by atoms with Gasteiger partial charge in [-0.05, 0) is 47.5 Å². The molecule has 0 saturated heterocycles. The highest BCUT2D eigenvalue weighted by molar-refractivity contribution is 5.94. The van der Waals surface area contributed by atoms with Crippen molar-refractivity contribution in [2.45, 2.75) is 6.43 Å². The van der Waals surface area contributed by atoms with Crippen molar-refractivity contribution in [3.05, 3.63) is 90.1 Å². The number of rotatable bonds is 5. The summed E-state index contributed by atoms with van der Waals surface area (Å²) in [5, 5.41) is 6.54. The number of benzene rings is 1. The highest BCUT2D eigenvalue weighted by atomic mass is 19.3. The van der Waals surface area contributed by atoms with E-state index >= 15 is 0 Å². The predicted molar refractivity (Wildman–Crippen MR) is 132 cm³/mol. The standard InChI is InChI=1S/C26H19F2N7O/c27-22(28)13-33-26(36)21-12-31-23-6-4-17(14-35(21)23)18-7-9-30-25-19(18)11-32-24(34-25)16-3-5-20-15(10-16)2-1-8-29-20/h1-8,10-12,14,22H,9,13H2,(H,33,36)(H,30,32,34). The Morgan fingerprint density at radius 2 is 1.97 bits per heavy atom. The maximum Gasteiger partial charge on any atom is 0.270 e. The first-order valence-corrected chi connectivity index (χ1v) is 11.3. The number of amides is 1. The van der Waals surface area contributed by atoms with E-state index in [1.807, 2.05) is 42.5 Å². The predicted octanol–water partition coefficient (Wildman–Crippen LogP) is 4.19. The normalized spacial score (nSPS) is 12.9. The van der Waals surface area contributed by atoms with Crippen molar-refractivity contribution in [1.29, 1.82) is 0 Å². The van der Waals surface area contributed by atoms with Gasteiger partial charge in [0.25, 0.3) is 12.3 Å². The number of aromatic nitrogens is 5. The summed E-state index contributed by atoms with van der Waals surface area (Å²) in [6.07, 6.45) is 6.06. The van der Waals surface area contributed by atoms with Crippen molar-refractivity contribution in [2.75, 3.05) is 18.4 Å². The molecule has 1 aliphatic heterocycles. The SMILES string of the molecule is O=C(NCC(F)F)c1cnc2ccc(C3=CCNc4nc(-c5ccc6ncccc6c5)ncc43)cn12. The summed E-state index contributed by atoms with van der Waals surface area (Å²) in [5.74, 6) is 0.680. The second-order valence-electron chi connectivity index (χ2n) is 8.26. The number of fused-ring (bicyclic) bond motifs is 3. The highest BCUT2D eigenvalue weighted by Crippen LogP contribution is 2.33. The Morgan fingerprint density at radius 1 is 1.08 bits per heavy atom. The molecule has 0 fully saturated rings. The number of imidazole rings is 1. The first kappa shape index (κ1) is 21.8. The van der Waals surface area contributed by atoms with Crippen LogP contribution in [-0.2, 0) is 0 Å². The van der Waals surface area contributed by atoms with Crippen LogP contribution in [0.4, 0.5) is 14.6 Å². The molecular formula is C26H19F2N7O. The quantitative estimate of drug-likeness (QED) is 0.389. The van der Waals surface area contributed by atoms with Gasteiger partial charge in [0.05, 0.1) is 18.3 Å². The number of anilines is 1. The summed E-state index contributed by atoms with van der Waals surface area (Å²) in [7, 11) is 0. The number of nitrogens with zero attached hydrogens (tertiary/aromatic N) is 5. The van der Waals surface area contributed by atoms with E-state index in [1.54, 1.807) is 29.1 Å². The van der Waals surface area contributed by atoms with Crippen LogP contribution in [-0.4, -0.2) is 49.8 Å². The summed E-state index contributed by atoms with van der Waals surface area (Å²) in [6, 6.07) is 13.5. The molecule has 0 radical (unpaired) electrons. The molecular weight excluding hydrogens is 464 g/mol. The zero-order valence-electron chi connectivity index (χ0n) is 18.8. The molecule has 1 aliphatic rings. The lowest BCUT2D eigenvalue weighted by Crippen LogP contribution is -2.29. The Balaban J connectivity index is 1.35. The fourth-order valence-corrected chi connectivity index (χ4v) is 4.27. The van der Waals surface area contributed by atoms with Gasteiger partial charge in [0.15, 0.2) is 5.82 Å². The molecule has 0 unspecified atom stereocenters. The third kappa shape index (κ3) is 3.92. The van der Waals surface area contributed by atoms with Gasteiger partial charge in [-0.15, -0.1) is 0 Å². The number of alkyl halides is 2. The van der Waals surface area contributed by atoms with Crippen LogP contribution in [0, 0.1) is 0 Å². The second kappa shape index (κ2) is 8.81. The lowest BCUT2D eigenvalue weighted by molar-refractivity contribution is 0.0886. The summed E-state index contributed by atoms with van der Waals surface area (Å²) in [5.41, 5.74) is 5.03. The summed E-state index contributed by atoms with van der Waals surface area (Å²) in [4.78, 5) is 30.4. The van der Waals surface area contributed by atoms with Gasteiger partial charge in [0.2, 0.25) is 0 Å². The van der Waals surface area contributed by atoms with Crippen molar-refractivity contribution in [2.24, 2.45) is 0 Å². The van der Waals surface area contributed by atoms with Crippen LogP contribution >= 0.6 is 0 Å². The topological polar surface area (TPSA) is 97.1 Å². The molecule has 0 atom stereocenters. The fraction of sp³-hybridized carbons (Fsp3) is 0.115. The van der Waals surface area contributed by atoms with Crippen LogP contribution < -0.4 is 10.6 Å². The van der Waals surface area contributed by atoms with Crippen molar-refractivity contribution in [1.82, 2.24) is 29.7 Å². The number of carbonyl (C=O) groups is 1. The maximum absolute atomic E-state index is 12.5. The Hall–Kier alpha value is -4.73.